The second-order valence-corrected chi connectivity index (χ2v) is 29.1. The van der Waals surface area contributed by atoms with Crippen LogP contribution in [0.5, 0.6) is 0 Å². The van der Waals surface area contributed by atoms with E-state index in [-0.39, 0.29) is 25.7 Å². The number of esters is 4. The summed E-state index contributed by atoms with van der Waals surface area (Å²) in [6.45, 7) is 4.45. The van der Waals surface area contributed by atoms with Crippen LogP contribution in [-0.4, -0.2) is 96.7 Å². The van der Waals surface area contributed by atoms with E-state index in [0.29, 0.717) is 25.7 Å². The molecule has 0 aromatic carbocycles. The molecule has 0 heterocycles. The lowest BCUT2D eigenvalue weighted by Gasteiger charge is -2.21. The van der Waals surface area contributed by atoms with Crippen LogP contribution in [0.4, 0.5) is 0 Å². The van der Waals surface area contributed by atoms with Gasteiger partial charge in [-0.25, -0.2) is 9.13 Å². The number of hydrogen-bond donors (Lipinski definition) is 3. The monoisotopic (exact) mass is 1500 g/mol. The summed E-state index contributed by atoms with van der Waals surface area (Å²) in [6, 6.07) is 0. The van der Waals surface area contributed by atoms with Crippen LogP contribution in [-0.2, 0) is 65.4 Å². The highest BCUT2D eigenvalue weighted by atomic mass is 31.2. The number of ether oxygens (including phenoxy) is 4. The van der Waals surface area contributed by atoms with Crippen LogP contribution in [0.2, 0.25) is 0 Å². The number of aliphatic hydroxyl groups excluding tert-OH is 1. The standard InChI is InChI=1S/C85H142O17P2/c1-5-9-13-17-21-25-29-33-36-38-39-41-43-47-50-54-58-62-66-70-83(88)96-76-81(102-85(90)72-68-64-60-56-52-48-44-40-37-34-30-26-22-18-14-10-6-2)78-100-104(93,94)98-74-79(86)73-97-103(91,92)99-77-80(101-84(89)71-67-63-59-55-51-45-32-28-24-20-16-12-8-4)75-95-82(87)69-65-61-57-53-49-46-42-35-31-27-23-19-15-11-7-3/h9-11,13-15,21-23,25-28,32-37,39,41-42,47,50,79-81,86H,5-8,12,16-20,24,29-31,38,40,43-46,48-49,51-78H2,1-4H3,(H,91,92)(H,93,94)/b13-9-,14-10-,15-11-,25-21-,26-22-,27-23-,32-28-,36-33-,37-34-,41-39-,42-35-,50-47-. The number of phosphoric ester groups is 2. The van der Waals surface area contributed by atoms with Crippen LogP contribution < -0.4 is 0 Å². The summed E-state index contributed by atoms with van der Waals surface area (Å²) in [5.74, 6) is -2.25. The Kier molecular flexibility index (Phi) is 72.4. The van der Waals surface area contributed by atoms with Crippen molar-refractivity contribution < 1.29 is 80.2 Å². The Morgan fingerprint density at radius 2 is 0.500 bits per heavy atom. The zero-order valence-electron chi connectivity index (χ0n) is 64.9. The number of carbonyl (C=O) groups excluding carboxylic acids is 4. The first-order valence-electron chi connectivity index (χ1n) is 40.1. The van der Waals surface area contributed by atoms with E-state index in [1.165, 1.54) is 25.7 Å². The summed E-state index contributed by atoms with van der Waals surface area (Å²) in [5.41, 5.74) is 0. The molecule has 17 nitrogen and oxygen atoms in total. The van der Waals surface area contributed by atoms with Gasteiger partial charge in [0.1, 0.15) is 19.3 Å². The van der Waals surface area contributed by atoms with Gasteiger partial charge in [0.05, 0.1) is 26.4 Å². The van der Waals surface area contributed by atoms with E-state index in [9.17, 15) is 43.2 Å². The molecule has 0 aromatic rings. The summed E-state index contributed by atoms with van der Waals surface area (Å²) in [4.78, 5) is 73.0. The first-order valence-corrected chi connectivity index (χ1v) is 43.1. The fourth-order valence-electron chi connectivity index (χ4n) is 10.3. The molecule has 0 rings (SSSR count). The van der Waals surface area contributed by atoms with Crippen molar-refractivity contribution in [2.24, 2.45) is 0 Å². The average molecular weight is 1500 g/mol. The Labute approximate surface area is 630 Å². The molecule has 0 amide bonds. The Bertz CT molecular complexity index is 2540. The van der Waals surface area contributed by atoms with Crippen molar-refractivity contribution in [1.29, 1.82) is 0 Å². The molecule has 0 spiro atoms. The van der Waals surface area contributed by atoms with E-state index in [2.05, 4.69) is 174 Å². The Hall–Kier alpha value is -5.06. The van der Waals surface area contributed by atoms with Crippen molar-refractivity contribution in [2.75, 3.05) is 39.6 Å². The third kappa shape index (κ3) is 75.2. The Morgan fingerprint density at radius 1 is 0.279 bits per heavy atom. The maximum Gasteiger partial charge on any atom is 0.472 e. The van der Waals surface area contributed by atoms with Gasteiger partial charge >= 0.3 is 39.5 Å². The molecule has 5 unspecified atom stereocenters. The van der Waals surface area contributed by atoms with Gasteiger partial charge in [0.15, 0.2) is 12.2 Å². The molecule has 0 saturated heterocycles. The highest BCUT2D eigenvalue weighted by Gasteiger charge is 2.30. The molecule has 0 saturated carbocycles. The molecule has 19 heteroatoms. The van der Waals surface area contributed by atoms with Gasteiger partial charge < -0.3 is 33.8 Å². The molecule has 5 atom stereocenters. The first-order chi connectivity index (χ1) is 50.7. The van der Waals surface area contributed by atoms with E-state index < -0.39 is 97.5 Å². The SMILES string of the molecule is CC/C=C\C/C=C\C/C=C\C/C=C\C/C=C\CCCCCC(=O)OCC(COP(=O)(O)OCC(O)COP(=O)(O)OCC(COC(=O)CCCCCCC/C=C\C/C=C\C/C=C\CC)OC(=O)CCCCCCC/C=C\CCCCCC)OC(=O)CCCCCCCCC/C=C\C/C=C\C/C=C\CC. The van der Waals surface area contributed by atoms with Crippen molar-refractivity contribution in [1.82, 2.24) is 0 Å². The minimum absolute atomic E-state index is 0.0715. The minimum Gasteiger partial charge on any atom is -0.462 e. The number of allylic oxidation sites excluding steroid dienone is 24. The Morgan fingerprint density at radius 3 is 0.788 bits per heavy atom. The van der Waals surface area contributed by atoms with Crippen molar-refractivity contribution in [2.45, 2.75) is 329 Å². The molecule has 104 heavy (non-hydrogen) atoms. The minimum atomic E-state index is -4.99. The Balaban J connectivity index is 5.42. The lowest BCUT2D eigenvalue weighted by molar-refractivity contribution is -0.161. The smallest absolute Gasteiger partial charge is 0.462 e. The normalized spacial score (nSPS) is 14.6. The van der Waals surface area contributed by atoms with Crippen LogP contribution in [0.15, 0.2) is 146 Å². The van der Waals surface area contributed by atoms with E-state index in [1.54, 1.807) is 0 Å². The topological polar surface area (TPSA) is 237 Å². The number of aliphatic hydroxyl groups is 1. The second kappa shape index (κ2) is 76.1. The summed E-state index contributed by atoms with van der Waals surface area (Å²) < 4.78 is 68.6. The molecule has 0 radical (unpaired) electrons. The van der Waals surface area contributed by atoms with Gasteiger partial charge in [-0.05, 0) is 161 Å². The molecule has 0 aromatic heterocycles. The maximum atomic E-state index is 13.1. The second-order valence-electron chi connectivity index (χ2n) is 26.2. The largest absolute Gasteiger partial charge is 0.472 e. The highest BCUT2D eigenvalue weighted by molar-refractivity contribution is 7.47. The van der Waals surface area contributed by atoms with Crippen LogP contribution in [0.1, 0.15) is 310 Å². The van der Waals surface area contributed by atoms with Crippen molar-refractivity contribution in [3.8, 4) is 0 Å². The molecule has 0 aliphatic carbocycles. The van der Waals surface area contributed by atoms with E-state index >= 15 is 0 Å². The van der Waals surface area contributed by atoms with E-state index in [0.717, 1.165) is 205 Å². The molecule has 0 aliphatic heterocycles. The highest BCUT2D eigenvalue weighted by Crippen LogP contribution is 2.45. The van der Waals surface area contributed by atoms with Crippen molar-refractivity contribution >= 4 is 39.5 Å². The van der Waals surface area contributed by atoms with E-state index in [1.807, 2.05) is 0 Å². The van der Waals surface area contributed by atoms with Crippen LogP contribution in [0.3, 0.4) is 0 Å². The molecule has 3 N–H and O–H groups in total. The number of hydrogen-bond acceptors (Lipinski definition) is 15. The molecule has 0 aliphatic rings. The van der Waals surface area contributed by atoms with Crippen LogP contribution in [0, 0.1) is 0 Å². The number of phosphoric acid groups is 2. The molecular formula is C85H142O17P2. The predicted octanol–water partition coefficient (Wildman–Crippen LogP) is 23.4. The zero-order valence-corrected chi connectivity index (χ0v) is 66.7. The van der Waals surface area contributed by atoms with Crippen molar-refractivity contribution in [3.63, 3.8) is 0 Å². The molecule has 0 fully saturated rings. The number of carbonyl (C=O) groups is 4. The molecular weight excluding hydrogens is 1350 g/mol. The number of rotatable bonds is 74. The fraction of sp³-hybridized carbons (Fsp3) is 0.671. The molecule has 0 bridgehead atoms. The van der Waals surface area contributed by atoms with Crippen LogP contribution >= 0.6 is 15.6 Å². The van der Waals surface area contributed by atoms with Gasteiger partial charge in [0.25, 0.3) is 0 Å². The average Bonchev–Trinajstić information content (AvgIpc) is 0.911. The van der Waals surface area contributed by atoms with Crippen molar-refractivity contribution in [3.05, 3.63) is 146 Å². The van der Waals surface area contributed by atoms with Gasteiger partial charge in [0, 0.05) is 25.7 Å². The number of unbranched alkanes of at least 4 members (excludes halogenated alkanes) is 24. The first kappa shape index (κ1) is 98.9. The molecule has 594 valence electrons. The summed E-state index contributed by atoms with van der Waals surface area (Å²) in [7, 11) is -9.98. The van der Waals surface area contributed by atoms with E-state index in [4.69, 9.17) is 37.0 Å². The predicted molar refractivity (Wildman–Crippen MR) is 427 cm³/mol. The summed E-state index contributed by atoms with van der Waals surface area (Å²) in [6.07, 6.45) is 86.8. The van der Waals surface area contributed by atoms with Gasteiger partial charge in [-0.3, -0.25) is 37.3 Å². The zero-order chi connectivity index (χ0) is 76.0. The van der Waals surface area contributed by atoms with Gasteiger partial charge in [-0.1, -0.05) is 270 Å². The third-order valence-corrected chi connectivity index (χ3v) is 18.2. The van der Waals surface area contributed by atoms with Crippen LogP contribution in [0.25, 0.3) is 0 Å². The lowest BCUT2D eigenvalue weighted by Crippen LogP contribution is -2.30. The summed E-state index contributed by atoms with van der Waals surface area (Å²) in [5, 5.41) is 10.6. The lowest BCUT2D eigenvalue weighted by atomic mass is 10.1. The quantitative estimate of drug-likeness (QED) is 0.0169. The third-order valence-electron chi connectivity index (χ3n) is 16.3. The summed E-state index contributed by atoms with van der Waals surface area (Å²) >= 11 is 0. The van der Waals surface area contributed by atoms with Gasteiger partial charge in [0.2, 0.25) is 0 Å². The van der Waals surface area contributed by atoms with Gasteiger partial charge in [-0.2, -0.15) is 0 Å². The fourth-order valence-corrected chi connectivity index (χ4v) is 11.8. The van der Waals surface area contributed by atoms with Gasteiger partial charge in [-0.15, -0.1) is 0 Å². The maximum absolute atomic E-state index is 13.1.